The zero-order valence-electron chi connectivity index (χ0n) is 17.2. The minimum absolute atomic E-state index is 0.0991. The molecular formula is C23H33BrOS2. The summed E-state index contributed by atoms with van der Waals surface area (Å²) in [5.41, 5.74) is 0.909. The Balaban J connectivity index is 0.000000289. The molecule has 27 heavy (non-hydrogen) atoms. The molecule has 2 rings (SSSR count). The molecule has 0 aromatic heterocycles. The summed E-state index contributed by atoms with van der Waals surface area (Å²) in [5, 5.41) is 10.1. The SMILES string of the molecule is CCCSc1ccc(Br)cc1.CCCSc1ccc(C(O)C(C)(C)C)cc1. The van der Waals surface area contributed by atoms with Gasteiger partial charge in [-0.3, -0.25) is 0 Å². The number of hydrogen-bond acceptors (Lipinski definition) is 3. The summed E-state index contributed by atoms with van der Waals surface area (Å²) in [5.74, 6) is 2.36. The lowest BCUT2D eigenvalue weighted by Gasteiger charge is -2.26. The number of aliphatic hydroxyl groups is 1. The molecule has 0 spiro atoms. The van der Waals surface area contributed by atoms with E-state index in [-0.39, 0.29) is 5.41 Å². The van der Waals surface area contributed by atoms with Gasteiger partial charge in [0, 0.05) is 14.3 Å². The second-order valence-corrected chi connectivity index (χ2v) is 10.7. The molecule has 0 heterocycles. The first-order valence-electron chi connectivity index (χ1n) is 9.57. The van der Waals surface area contributed by atoms with Crippen LogP contribution in [0.15, 0.2) is 62.8 Å². The van der Waals surface area contributed by atoms with Crippen LogP contribution in [-0.2, 0) is 0 Å². The monoisotopic (exact) mass is 468 g/mol. The van der Waals surface area contributed by atoms with Crippen molar-refractivity contribution in [3.8, 4) is 0 Å². The van der Waals surface area contributed by atoms with Gasteiger partial charge in [-0.25, -0.2) is 0 Å². The Morgan fingerprint density at radius 2 is 1.22 bits per heavy atom. The molecule has 150 valence electrons. The first-order valence-corrected chi connectivity index (χ1v) is 12.3. The van der Waals surface area contributed by atoms with Gasteiger partial charge < -0.3 is 5.11 Å². The molecule has 0 saturated heterocycles. The fourth-order valence-corrected chi connectivity index (χ4v) is 4.02. The van der Waals surface area contributed by atoms with Crippen molar-refractivity contribution >= 4 is 39.5 Å². The van der Waals surface area contributed by atoms with E-state index in [0.29, 0.717) is 0 Å². The van der Waals surface area contributed by atoms with Crippen molar-refractivity contribution in [2.24, 2.45) is 5.41 Å². The third-order valence-electron chi connectivity index (χ3n) is 3.78. The van der Waals surface area contributed by atoms with Gasteiger partial charge in [0.15, 0.2) is 0 Å². The van der Waals surface area contributed by atoms with Crippen LogP contribution in [0.5, 0.6) is 0 Å². The van der Waals surface area contributed by atoms with Gasteiger partial charge in [0.05, 0.1) is 6.10 Å². The lowest BCUT2D eigenvalue weighted by atomic mass is 9.85. The average molecular weight is 470 g/mol. The maximum absolute atomic E-state index is 10.1. The van der Waals surface area contributed by atoms with E-state index >= 15 is 0 Å². The molecule has 0 aliphatic rings. The standard InChI is InChI=1S/C14H22OS.C9H11BrS/c1-5-10-16-12-8-6-11(7-9-12)13(15)14(2,3)4;1-2-7-11-9-5-3-8(10)4-6-9/h6-9,13,15H,5,10H2,1-4H3;3-6H,2,7H2,1H3. The van der Waals surface area contributed by atoms with E-state index in [1.54, 1.807) is 0 Å². The highest BCUT2D eigenvalue weighted by molar-refractivity contribution is 9.10. The van der Waals surface area contributed by atoms with Crippen LogP contribution in [0.4, 0.5) is 0 Å². The topological polar surface area (TPSA) is 20.2 Å². The summed E-state index contributed by atoms with van der Waals surface area (Å²) in [6.45, 7) is 10.5. The second kappa shape index (κ2) is 12.9. The molecule has 1 nitrogen and oxygen atoms in total. The lowest BCUT2D eigenvalue weighted by molar-refractivity contribution is 0.0626. The Hall–Kier alpha value is -0.420. The van der Waals surface area contributed by atoms with Crippen molar-refractivity contribution in [1.29, 1.82) is 0 Å². The lowest BCUT2D eigenvalue weighted by Crippen LogP contribution is -2.17. The Morgan fingerprint density at radius 3 is 1.59 bits per heavy atom. The highest BCUT2D eigenvalue weighted by atomic mass is 79.9. The van der Waals surface area contributed by atoms with Crippen LogP contribution in [0.25, 0.3) is 0 Å². The Bertz CT molecular complexity index is 633. The minimum atomic E-state index is -0.391. The molecule has 0 aliphatic carbocycles. The predicted octanol–water partition coefficient (Wildman–Crippen LogP) is 8.22. The average Bonchev–Trinajstić information content (AvgIpc) is 2.65. The maximum Gasteiger partial charge on any atom is 0.0838 e. The zero-order valence-corrected chi connectivity index (χ0v) is 20.4. The number of rotatable bonds is 7. The Morgan fingerprint density at radius 1 is 0.815 bits per heavy atom. The summed E-state index contributed by atoms with van der Waals surface area (Å²) in [4.78, 5) is 2.64. The van der Waals surface area contributed by atoms with Crippen molar-refractivity contribution < 1.29 is 5.11 Å². The predicted molar refractivity (Wildman–Crippen MR) is 127 cm³/mol. The van der Waals surface area contributed by atoms with Crippen LogP contribution in [0.2, 0.25) is 0 Å². The molecule has 2 aromatic rings. The first kappa shape index (κ1) is 24.6. The molecule has 0 amide bonds. The molecule has 0 bridgehead atoms. The summed E-state index contributed by atoms with van der Waals surface area (Å²) in [6.07, 6.45) is 2.04. The van der Waals surface area contributed by atoms with Crippen LogP contribution >= 0.6 is 39.5 Å². The van der Waals surface area contributed by atoms with E-state index in [1.807, 2.05) is 35.7 Å². The Labute approximate surface area is 182 Å². The van der Waals surface area contributed by atoms with Gasteiger partial charge >= 0.3 is 0 Å². The van der Waals surface area contributed by atoms with Crippen LogP contribution < -0.4 is 0 Å². The maximum atomic E-state index is 10.1. The first-order chi connectivity index (χ1) is 12.8. The van der Waals surface area contributed by atoms with Gasteiger partial charge in [-0.2, -0.15) is 0 Å². The molecule has 0 radical (unpaired) electrons. The van der Waals surface area contributed by atoms with E-state index in [1.165, 1.54) is 28.4 Å². The van der Waals surface area contributed by atoms with Crippen molar-refractivity contribution in [3.05, 3.63) is 58.6 Å². The van der Waals surface area contributed by atoms with Gasteiger partial charge in [-0.1, -0.05) is 62.7 Å². The number of aliphatic hydroxyl groups excluding tert-OH is 1. The van der Waals surface area contributed by atoms with Crippen LogP contribution in [0.1, 0.15) is 59.1 Å². The van der Waals surface area contributed by atoms with Gasteiger partial charge in [0.1, 0.15) is 0 Å². The van der Waals surface area contributed by atoms with E-state index in [4.69, 9.17) is 0 Å². The van der Waals surface area contributed by atoms with Crippen LogP contribution in [0, 0.1) is 5.41 Å². The Kier molecular flexibility index (Phi) is 11.8. The fraction of sp³-hybridized carbons (Fsp3) is 0.478. The van der Waals surface area contributed by atoms with E-state index in [9.17, 15) is 5.11 Å². The third kappa shape index (κ3) is 10.1. The summed E-state index contributed by atoms with van der Waals surface area (Å²) >= 11 is 7.18. The number of benzene rings is 2. The molecule has 1 atom stereocenters. The van der Waals surface area contributed by atoms with Crippen molar-refractivity contribution in [1.82, 2.24) is 0 Å². The van der Waals surface area contributed by atoms with Crippen molar-refractivity contribution in [2.45, 2.75) is 63.4 Å². The van der Waals surface area contributed by atoms with E-state index in [2.05, 4.69) is 86.9 Å². The highest BCUT2D eigenvalue weighted by Gasteiger charge is 2.23. The zero-order chi connectivity index (χ0) is 20.3. The van der Waals surface area contributed by atoms with Gasteiger partial charge in [-0.05, 0) is 71.7 Å². The quantitative estimate of drug-likeness (QED) is 0.413. The van der Waals surface area contributed by atoms with Gasteiger partial charge in [-0.15, -0.1) is 23.5 Å². The summed E-state index contributed by atoms with van der Waals surface area (Å²) < 4.78 is 1.15. The molecule has 0 aliphatic heterocycles. The minimum Gasteiger partial charge on any atom is -0.388 e. The molecule has 4 heteroatoms. The molecule has 0 fully saturated rings. The molecule has 0 saturated carbocycles. The molecule has 1 unspecified atom stereocenters. The van der Waals surface area contributed by atoms with E-state index < -0.39 is 6.10 Å². The number of halogens is 1. The third-order valence-corrected chi connectivity index (χ3v) is 6.74. The van der Waals surface area contributed by atoms with Gasteiger partial charge in [0.25, 0.3) is 0 Å². The molecule has 1 N–H and O–H groups in total. The van der Waals surface area contributed by atoms with Crippen molar-refractivity contribution in [2.75, 3.05) is 11.5 Å². The van der Waals surface area contributed by atoms with E-state index in [0.717, 1.165) is 15.8 Å². The second-order valence-electron chi connectivity index (χ2n) is 7.49. The summed E-state index contributed by atoms with van der Waals surface area (Å²) in [6, 6.07) is 16.7. The van der Waals surface area contributed by atoms with Crippen LogP contribution in [-0.4, -0.2) is 16.6 Å². The highest BCUT2D eigenvalue weighted by Crippen LogP contribution is 2.33. The fourth-order valence-electron chi connectivity index (χ4n) is 2.22. The largest absolute Gasteiger partial charge is 0.388 e. The molecular weight excluding hydrogens is 436 g/mol. The van der Waals surface area contributed by atoms with Gasteiger partial charge in [0.2, 0.25) is 0 Å². The van der Waals surface area contributed by atoms with Crippen molar-refractivity contribution in [3.63, 3.8) is 0 Å². The summed E-state index contributed by atoms with van der Waals surface area (Å²) in [7, 11) is 0. The smallest absolute Gasteiger partial charge is 0.0838 e. The number of thioether (sulfide) groups is 2. The van der Waals surface area contributed by atoms with Crippen LogP contribution in [0.3, 0.4) is 0 Å². The normalized spacial score (nSPS) is 12.3. The number of hydrogen-bond donors (Lipinski definition) is 1. The molecule has 2 aromatic carbocycles.